The summed E-state index contributed by atoms with van der Waals surface area (Å²) in [6, 6.07) is 5.28. The Morgan fingerprint density at radius 1 is 1.38 bits per heavy atom. The molecule has 2 amide bonds. The maximum atomic E-state index is 12.7. The van der Waals surface area contributed by atoms with Gasteiger partial charge in [0.15, 0.2) is 0 Å². The first-order chi connectivity index (χ1) is 11.3. The summed E-state index contributed by atoms with van der Waals surface area (Å²) in [6.45, 7) is 0.291. The number of halogens is 3. The number of rotatable bonds is 4. The monoisotopic (exact) mass is 340 g/mol. The maximum absolute atomic E-state index is 12.7. The molecular weight excluding hydrogens is 325 g/mol. The largest absolute Gasteiger partial charge is 0.417 e. The highest BCUT2D eigenvalue weighted by atomic mass is 19.4. The highest BCUT2D eigenvalue weighted by molar-refractivity contribution is 5.89. The number of amides is 2. The third-order valence-electron chi connectivity index (χ3n) is 3.25. The number of nitrogens with one attached hydrogen (secondary N) is 2. The molecule has 6 nitrogen and oxygen atoms in total. The number of alkyl halides is 3. The van der Waals surface area contributed by atoms with Crippen molar-refractivity contribution in [2.75, 3.05) is 18.9 Å². The summed E-state index contributed by atoms with van der Waals surface area (Å²) >= 11 is 0. The molecule has 0 atom stereocenters. The summed E-state index contributed by atoms with van der Waals surface area (Å²) < 4.78 is 38.0. The Hall–Kier alpha value is -2.84. The van der Waals surface area contributed by atoms with Crippen LogP contribution in [0.15, 0.2) is 41.5 Å². The van der Waals surface area contributed by atoms with E-state index >= 15 is 0 Å². The summed E-state index contributed by atoms with van der Waals surface area (Å²) in [5.74, 6) is 0. The highest BCUT2D eigenvalue weighted by Crippen LogP contribution is 2.29. The second kappa shape index (κ2) is 7.16. The first-order valence-electron chi connectivity index (χ1n) is 6.99. The van der Waals surface area contributed by atoms with Gasteiger partial charge in [0, 0.05) is 38.1 Å². The SMILES string of the molecule is CN(CCc1ccccn1)C(=O)Nc1cc(C(F)(F)F)c[nH]c1=O. The van der Waals surface area contributed by atoms with Crippen LogP contribution in [0.3, 0.4) is 0 Å². The van der Waals surface area contributed by atoms with Gasteiger partial charge in [-0.15, -0.1) is 0 Å². The van der Waals surface area contributed by atoms with Crippen molar-refractivity contribution in [3.05, 3.63) is 58.3 Å². The van der Waals surface area contributed by atoms with E-state index in [1.54, 1.807) is 18.3 Å². The second-order valence-corrected chi connectivity index (χ2v) is 5.05. The van der Waals surface area contributed by atoms with Gasteiger partial charge >= 0.3 is 12.2 Å². The zero-order valence-electron chi connectivity index (χ0n) is 12.7. The van der Waals surface area contributed by atoms with Crippen LogP contribution in [-0.4, -0.2) is 34.5 Å². The van der Waals surface area contributed by atoms with Gasteiger partial charge in [0.05, 0.1) is 5.56 Å². The van der Waals surface area contributed by atoms with Gasteiger partial charge in [-0.3, -0.25) is 9.78 Å². The van der Waals surface area contributed by atoms with Gasteiger partial charge in [0.25, 0.3) is 5.56 Å². The van der Waals surface area contributed by atoms with E-state index in [4.69, 9.17) is 0 Å². The lowest BCUT2D eigenvalue weighted by atomic mass is 10.2. The van der Waals surface area contributed by atoms with Crippen LogP contribution < -0.4 is 10.9 Å². The number of nitrogens with zero attached hydrogens (tertiary/aromatic N) is 2. The van der Waals surface area contributed by atoms with Gasteiger partial charge in [0.1, 0.15) is 5.69 Å². The van der Waals surface area contributed by atoms with Crippen molar-refractivity contribution in [1.29, 1.82) is 0 Å². The molecule has 0 aliphatic carbocycles. The minimum Gasteiger partial charge on any atom is -0.327 e. The lowest BCUT2D eigenvalue weighted by Gasteiger charge is -2.18. The fraction of sp³-hybridized carbons (Fsp3) is 0.267. The molecule has 2 N–H and O–H groups in total. The van der Waals surface area contributed by atoms with Gasteiger partial charge in [-0.05, 0) is 18.2 Å². The number of likely N-dealkylation sites (N-methyl/N-ethyl adjacent to an activating group) is 1. The Bertz CT molecular complexity index is 759. The zero-order chi connectivity index (χ0) is 17.7. The van der Waals surface area contributed by atoms with Crippen LogP contribution in [0, 0.1) is 0 Å². The molecule has 24 heavy (non-hydrogen) atoms. The van der Waals surface area contributed by atoms with Crippen molar-refractivity contribution in [1.82, 2.24) is 14.9 Å². The van der Waals surface area contributed by atoms with Gasteiger partial charge in [-0.25, -0.2) is 4.79 Å². The van der Waals surface area contributed by atoms with Crippen molar-refractivity contribution in [2.24, 2.45) is 0 Å². The standard InChI is InChI=1S/C15H15F3N4O2/c1-22(7-5-11-4-2-3-6-19-11)14(24)21-12-8-10(15(16,17)18)9-20-13(12)23/h2-4,6,8-9H,5,7H2,1H3,(H,20,23)(H,21,24). The number of urea groups is 1. The van der Waals surface area contributed by atoms with Gasteiger partial charge in [-0.1, -0.05) is 6.07 Å². The van der Waals surface area contributed by atoms with E-state index in [-0.39, 0.29) is 0 Å². The lowest BCUT2D eigenvalue weighted by molar-refractivity contribution is -0.137. The molecule has 128 valence electrons. The summed E-state index contributed by atoms with van der Waals surface area (Å²) in [6.07, 6.45) is -1.96. The summed E-state index contributed by atoms with van der Waals surface area (Å²) in [4.78, 5) is 30.9. The van der Waals surface area contributed by atoms with Crippen molar-refractivity contribution < 1.29 is 18.0 Å². The van der Waals surface area contributed by atoms with E-state index in [1.165, 1.54) is 11.9 Å². The maximum Gasteiger partial charge on any atom is 0.417 e. The van der Waals surface area contributed by atoms with Crippen LogP contribution in [0.25, 0.3) is 0 Å². The molecule has 0 saturated heterocycles. The topological polar surface area (TPSA) is 78.1 Å². The first kappa shape index (κ1) is 17.5. The van der Waals surface area contributed by atoms with Crippen LogP contribution in [0.5, 0.6) is 0 Å². The molecule has 0 unspecified atom stereocenters. The van der Waals surface area contributed by atoms with Crippen LogP contribution in [0.4, 0.5) is 23.7 Å². The lowest BCUT2D eigenvalue weighted by Crippen LogP contribution is -2.34. The second-order valence-electron chi connectivity index (χ2n) is 5.05. The molecule has 2 aromatic heterocycles. The van der Waals surface area contributed by atoms with E-state index < -0.39 is 29.0 Å². The Kier molecular flexibility index (Phi) is 5.22. The van der Waals surface area contributed by atoms with Crippen LogP contribution >= 0.6 is 0 Å². The molecule has 0 bridgehead atoms. The molecule has 0 aromatic carbocycles. The Balaban J connectivity index is 2.02. The number of H-pyrrole nitrogens is 1. The molecule has 2 rings (SSSR count). The average Bonchev–Trinajstić information content (AvgIpc) is 2.54. The fourth-order valence-corrected chi connectivity index (χ4v) is 1.88. The predicted molar refractivity (Wildman–Crippen MR) is 81.7 cm³/mol. The summed E-state index contributed by atoms with van der Waals surface area (Å²) in [7, 11) is 1.47. The molecule has 0 fully saturated rings. The van der Waals surface area contributed by atoms with E-state index in [1.807, 2.05) is 11.1 Å². The van der Waals surface area contributed by atoms with Crippen molar-refractivity contribution >= 4 is 11.7 Å². The molecule has 9 heteroatoms. The third kappa shape index (κ3) is 4.58. The minimum atomic E-state index is -4.62. The van der Waals surface area contributed by atoms with Crippen molar-refractivity contribution in [2.45, 2.75) is 12.6 Å². The van der Waals surface area contributed by atoms with E-state index in [0.717, 1.165) is 5.69 Å². The molecule has 2 heterocycles. The number of carbonyl (C=O) groups is 1. The van der Waals surface area contributed by atoms with Gasteiger partial charge in [0.2, 0.25) is 0 Å². The number of hydrogen-bond donors (Lipinski definition) is 2. The first-order valence-corrected chi connectivity index (χ1v) is 6.99. The number of hydrogen-bond acceptors (Lipinski definition) is 3. The molecule has 0 saturated carbocycles. The van der Waals surface area contributed by atoms with Crippen molar-refractivity contribution in [3.63, 3.8) is 0 Å². The number of carbonyl (C=O) groups excluding carboxylic acids is 1. The Morgan fingerprint density at radius 3 is 2.75 bits per heavy atom. The third-order valence-corrected chi connectivity index (χ3v) is 3.25. The average molecular weight is 340 g/mol. The summed E-state index contributed by atoms with van der Waals surface area (Å²) in [5.41, 5.74) is -1.54. The van der Waals surface area contributed by atoms with Crippen molar-refractivity contribution in [3.8, 4) is 0 Å². The van der Waals surface area contributed by atoms with Gasteiger partial charge < -0.3 is 15.2 Å². The van der Waals surface area contributed by atoms with Crippen LogP contribution in [-0.2, 0) is 12.6 Å². The predicted octanol–water partition coefficient (Wildman–Crippen LogP) is 2.50. The number of pyridine rings is 2. The van der Waals surface area contributed by atoms with Crippen LogP contribution in [0.2, 0.25) is 0 Å². The van der Waals surface area contributed by atoms with E-state index in [2.05, 4.69) is 10.3 Å². The molecular formula is C15H15F3N4O2. The number of aromatic nitrogens is 2. The smallest absolute Gasteiger partial charge is 0.327 e. The van der Waals surface area contributed by atoms with Gasteiger partial charge in [-0.2, -0.15) is 13.2 Å². The van der Waals surface area contributed by atoms with E-state index in [9.17, 15) is 22.8 Å². The quantitative estimate of drug-likeness (QED) is 0.898. The molecule has 2 aromatic rings. The normalized spacial score (nSPS) is 11.2. The molecule has 0 aliphatic rings. The van der Waals surface area contributed by atoms with E-state index in [0.29, 0.717) is 25.2 Å². The van der Waals surface area contributed by atoms with Crippen LogP contribution in [0.1, 0.15) is 11.3 Å². The Morgan fingerprint density at radius 2 is 2.12 bits per heavy atom. The molecule has 0 spiro atoms. The zero-order valence-corrected chi connectivity index (χ0v) is 12.7. The summed E-state index contributed by atoms with van der Waals surface area (Å²) in [5, 5.41) is 2.18. The molecule has 0 aliphatic heterocycles. The minimum absolute atomic E-state index is 0.291. The number of aromatic amines is 1. The molecule has 0 radical (unpaired) electrons. The Labute approximate surface area is 135 Å². The fourth-order valence-electron chi connectivity index (χ4n) is 1.88. The number of anilines is 1. The highest BCUT2D eigenvalue weighted by Gasteiger charge is 2.31.